The first-order chi connectivity index (χ1) is 9.19. The van der Waals surface area contributed by atoms with Crippen molar-refractivity contribution < 1.29 is 4.79 Å². The lowest BCUT2D eigenvalue weighted by Crippen LogP contribution is -1.95. The van der Waals surface area contributed by atoms with E-state index in [2.05, 4.69) is 11.1 Å². The van der Waals surface area contributed by atoms with Crippen molar-refractivity contribution in [2.45, 2.75) is 6.92 Å². The van der Waals surface area contributed by atoms with Gasteiger partial charge >= 0.3 is 0 Å². The van der Waals surface area contributed by atoms with Gasteiger partial charge in [-0.1, -0.05) is 18.2 Å². The lowest BCUT2D eigenvalue weighted by Gasteiger charge is -1.96. The van der Waals surface area contributed by atoms with E-state index in [1.54, 1.807) is 42.6 Å². The van der Waals surface area contributed by atoms with Crippen molar-refractivity contribution in [1.82, 2.24) is 4.98 Å². The van der Waals surface area contributed by atoms with E-state index >= 15 is 0 Å². The van der Waals surface area contributed by atoms with Crippen molar-refractivity contribution in [2.75, 3.05) is 0 Å². The number of aryl methyl sites for hydroxylation is 1. The number of carbonyl (C=O) groups excluding carboxylic acids is 1. The fraction of sp³-hybridized carbons (Fsp3) is 0.0625. The minimum atomic E-state index is -0.0862. The summed E-state index contributed by atoms with van der Waals surface area (Å²) in [7, 11) is 0. The molecule has 1 aromatic heterocycles. The average molecular weight is 248 g/mol. The van der Waals surface area contributed by atoms with Gasteiger partial charge in [0.25, 0.3) is 0 Å². The van der Waals surface area contributed by atoms with E-state index in [9.17, 15) is 4.79 Å². The molecule has 1 heterocycles. The van der Waals surface area contributed by atoms with Crippen LogP contribution in [0.1, 0.15) is 27.2 Å². The van der Waals surface area contributed by atoms with Crippen LogP contribution in [0.25, 0.3) is 6.08 Å². The molecular weight excluding hydrogens is 236 g/mol. The van der Waals surface area contributed by atoms with E-state index in [1.807, 2.05) is 13.0 Å². The van der Waals surface area contributed by atoms with Crippen molar-refractivity contribution in [1.29, 1.82) is 5.26 Å². The quantitative estimate of drug-likeness (QED) is 0.619. The number of nitrogens with zero attached hydrogens (tertiary/aromatic N) is 2. The molecule has 0 aliphatic heterocycles. The number of carbonyl (C=O) groups is 1. The van der Waals surface area contributed by atoms with Crippen molar-refractivity contribution in [3.05, 3.63) is 71.1 Å². The van der Waals surface area contributed by atoms with Crippen LogP contribution in [0.2, 0.25) is 0 Å². The highest BCUT2D eigenvalue weighted by atomic mass is 16.1. The van der Waals surface area contributed by atoms with Crippen LogP contribution >= 0.6 is 0 Å². The zero-order valence-electron chi connectivity index (χ0n) is 10.5. The summed E-state index contributed by atoms with van der Waals surface area (Å²) in [6, 6.07) is 12.7. The van der Waals surface area contributed by atoms with E-state index in [0.29, 0.717) is 11.1 Å². The van der Waals surface area contributed by atoms with E-state index in [1.165, 1.54) is 6.08 Å². The molecule has 92 valence electrons. The van der Waals surface area contributed by atoms with Crippen LogP contribution in [0.5, 0.6) is 0 Å². The van der Waals surface area contributed by atoms with Gasteiger partial charge in [0.15, 0.2) is 5.78 Å². The molecule has 0 saturated heterocycles. The number of benzene rings is 1. The third-order valence-electron chi connectivity index (χ3n) is 2.66. The normalized spacial score (nSPS) is 10.3. The molecule has 0 atom stereocenters. The minimum Gasteiger partial charge on any atom is -0.289 e. The molecule has 0 spiro atoms. The predicted molar refractivity (Wildman–Crippen MR) is 73.5 cm³/mol. The molecule has 0 amide bonds. The summed E-state index contributed by atoms with van der Waals surface area (Å²) in [4.78, 5) is 16.0. The Bertz CT molecular complexity index is 647. The van der Waals surface area contributed by atoms with Gasteiger partial charge in [0, 0.05) is 17.5 Å². The Morgan fingerprint density at radius 1 is 1.21 bits per heavy atom. The van der Waals surface area contributed by atoms with Crippen molar-refractivity contribution in [3.63, 3.8) is 0 Å². The lowest BCUT2D eigenvalue weighted by atomic mass is 10.1. The molecule has 0 N–H and O–H groups in total. The Hall–Kier alpha value is -2.73. The summed E-state index contributed by atoms with van der Waals surface area (Å²) in [6.07, 6.45) is 4.80. The third-order valence-corrected chi connectivity index (χ3v) is 2.66. The summed E-state index contributed by atoms with van der Waals surface area (Å²) in [5.41, 5.74) is 2.93. The summed E-state index contributed by atoms with van der Waals surface area (Å²) in [5, 5.41) is 8.69. The van der Waals surface area contributed by atoms with E-state index < -0.39 is 0 Å². The minimum absolute atomic E-state index is 0.0862. The average Bonchev–Trinajstić information content (AvgIpc) is 2.46. The Morgan fingerprint density at radius 3 is 2.53 bits per heavy atom. The molecule has 0 aliphatic carbocycles. The van der Waals surface area contributed by atoms with Gasteiger partial charge in [0.1, 0.15) is 0 Å². The second kappa shape index (κ2) is 5.74. The highest BCUT2D eigenvalue weighted by Gasteiger charge is 2.01. The summed E-state index contributed by atoms with van der Waals surface area (Å²) in [5.74, 6) is -0.0862. The van der Waals surface area contributed by atoms with E-state index in [0.717, 1.165) is 11.3 Å². The number of allylic oxidation sites excluding steroid dienone is 1. The number of aromatic nitrogens is 1. The van der Waals surface area contributed by atoms with Crippen molar-refractivity contribution >= 4 is 11.9 Å². The second-order valence-corrected chi connectivity index (χ2v) is 4.12. The van der Waals surface area contributed by atoms with E-state index in [-0.39, 0.29) is 5.78 Å². The molecule has 1 aromatic carbocycles. The molecular formula is C16H12N2O. The predicted octanol–water partition coefficient (Wildman–Crippen LogP) is 3.16. The molecule has 3 nitrogen and oxygen atoms in total. The van der Waals surface area contributed by atoms with Crippen LogP contribution in [-0.2, 0) is 0 Å². The van der Waals surface area contributed by atoms with Crippen molar-refractivity contribution in [3.8, 4) is 6.07 Å². The SMILES string of the molecule is Cc1ccc(C(=O)/C=C/c2ccc(C#N)cc2)cn1. The van der Waals surface area contributed by atoms with Gasteiger partial charge in [-0.05, 0) is 42.8 Å². The van der Waals surface area contributed by atoms with Gasteiger partial charge in [-0.2, -0.15) is 5.26 Å². The Labute approximate surface area is 111 Å². The molecule has 3 heteroatoms. The van der Waals surface area contributed by atoms with Gasteiger partial charge in [-0.25, -0.2) is 0 Å². The number of hydrogen-bond acceptors (Lipinski definition) is 3. The fourth-order valence-corrected chi connectivity index (χ4v) is 1.55. The molecule has 0 saturated carbocycles. The van der Waals surface area contributed by atoms with Gasteiger partial charge in [-0.15, -0.1) is 0 Å². The second-order valence-electron chi connectivity index (χ2n) is 4.12. The summed E-state index contributed by atoms with van der Waals surface area (Å²) in [6.45, 7) is 1.88. The number of nitriles is 1. The maximum Gasteiger partial charge on any atom is 0.187 e. The first-order valence-corrected chi connectivity index (χ1v) is 5.84. The Balaban J connectivity index is 2.11. The molecule has 0 aliphatic rings. The zero-order valence-corrected chi connectivity index (χ0v) is 10.5. The third kappa shape index (κ3) is 3.36. The number of hydrogen-bond donors (Lipinski definition) is 0. The van der Waals surface area contributed by atoms with Crippen LogP contribution in [0.3, 0.4) is 0 Å². The van der Waals surface area contributed by atoms with Crippen LogP contribution < -0.4 is 0 Å². The highest BCUT2D eigenvalue weighted by molar-refractivity contribution is 6.06. The van der Waals surface area contributed by atoms with Gasteiger partial charge < -0.3 is 0 Å². The molecule has 0 radical (unpaired) electrons. The maximum atomic E-state index is 11.9. The lowest BCUT2D eigenvalue weighted by molar-refractivity contribution is 0.104. The van der Waals surface area contributed by atoms with Crippen LogP contribution in [-0.4, -0.2) is 10.8 Å². The molecule has 2 aromatic rings. The maximum absolute atomic E-state index is 11.9. The number of pyridine rings is 1. The van der Waals surface area contributed by atoms with Gasteiger partial charge in [0.2, 0.25) is 0 Å². The number of ketones is 1. The molecule has 0 fully saturated rings. The first kappa shape index (κ1) is 12.7. The summed E-state index contributed by atoms with van der Waals surface area (Å²) >= 11 is 0. The standard InChI is InChI=1S/C16H12N2O/c1-12-2-8-15(11-18-12)16(19)9-7-13-3-5-14(10-17)6-4-13/h2-9,11H,1H3/b9-7+. The van der Waals surface area contributed by atoms with Crippen LogP contribution in [0.15, 0.2) is 48.7 Å². The summed E-state index contributed by atoms with van der Waals surface area (Å²) < 4.78 is 0. The smallest absolute Gasteiger partial charge is 0.187 e. The van der Waals surface area contributed by atoms with Gasteiger partial charge in [0.05, 0.1) is 11.6 Å². The Kier molecular flexibility index (Phi) is 3.84. The van der Waals surface area contributed by atoms with Crippen molar-refractivity contribution in [2.24, 2.45) is 0 Å². The monoisotopic (exact) mass is 248 g/mol. The first-order valence-electron chi connectivity index (χ1n) is 5.84. The highest BCUT2D eigenvalue weighted by Crippen LogP contribution is 2.07. The topological polar surface area (TPSA) is 53.8 Å². The molecule has 0 bridgehead atoms. The zero-order chi connectivity index (χ0) is 13.7. The molecule has 0 unspecified atom stereocenters. The largest absolute Gasteiger partial charge is 0.289 e. The molecule has 19 heavy (non-hydrogen) atoms. The molecule has 2 rings (SSSR count). The van der Waals surface area contributed by atoms with Gasteiger partial charge in [-0.3, -0.25) is 9.78 Å². The number of rotatable bonds is 3. The van der Waals surface area contributed by atoms with Crippen LogP contribution in [0, 0.1) is 18.3 Å². The van der Waals surface area contributed by atoms with Crippen LogP contribution in [0.4, 0.5) is 0 Å². The fourth-order valence-electron chi connectivity index (χ4n) is 1.55. The Morgan fingerprint density at radius 2 is 1.95 bits per heavy atom. The van der Waals surface area contributed by atoms with E-state index in [4.69, 9.17) is 5.26 Å².